The van der Waals surface area contributed by atoms with Crippen LogP contribution in [0.5, 0.6) is 11.6 Å². The number of ether oxygens (including phenoxy) is 2. The van der Waals surface area contributed by atoms with Gasteiger partial charge in [-0.25, -0.2) is 14.8 Å². The number of fused-ring (bicyclic) bond motifs is 1. The zero-order valence-corrected chi connectivity index (χ0v) is 26.4. The Kier molecular flexibility index (Phi) is 7.81. The van der Waals surface area contributed by atoms with E-state index in [0.717, 1.165) is 85.6 Å². The van der Waals surface area contributed by atoms with Gasteiger partial charge in [0.15, 0.2) is 0 Å². The fourth-order valence-electron chi connectivity index (χ4n) is 6.95. The predicted molar refractivity (Wildman–Crippen MR) is 172 cm³/mol. The van der Waals surface area contributed by atoms with Crippen molar-refractivity contribution in [1.29, 1.82) is 5.26 Å². The van der Waals surface area contributed by atoms with Crippen molar-refractivity contribution in [3.8, 4) is 17.7 Å². The number of nitrogens with zero attached hydrogens (tertiary/aromatic N) is 5. The molecule has 9 nitrogen and oxygen atoms in total. The van der Waals surface area contributed by atoms with Gasteiger partial charge in [-0.15, -0.1) is 0 Å². The van der Waals surface area contributed by atoms with Crippen molar-refractivity contribution >= 4 is 28.5 Å². The summed E-state index contributed by atoms with van der Waals surface area (Å²) in [7, 11) is 1.33. The number of imidazole rings is 1. The van der Waals surface area contributed by atoms with Gasteiger partial charge in [-0.3, -0.25) is 0 Å². The lowest BCUT2D eigenvalue weighted by atomic mass is 9.69. The van der Waals surface area contributed by atoms with Crippen molar-refractivity contribution in [2.24, 2.45) is 10.8 Å². The third-order valence-electron chi connectivity index (χ3n) is 9.96. The molecule has 0 atom stereocenters. The van der Waals surface area contributed by atoms with Crippen LogP contribution in [0.4, 0.5) is 19.1 Å². The van der Waals surface area contributed by atoms with Gasteiger partial charge in [-0.2, -0.15) is 18.4 Å². The Balaban J connectivity index is 1.04. The maximum absolute atomic E-state index is 13.1. The van der Waals surface area contributed by atoms with E-state index in [2.05, 4.69) is 26.6 Å². The number of anilines is 1. The number of carboxylic acids is 1. The number of nitriles is 1. The lowest BCUT2D eigenvalue weighted by molar-refractivity contribution is -0.137. The number of rotatable bonds is 10. The molecule has 2 fully saturated rings. The molecule has 0 unspecified atom stereocenters. The van der Waals surface area contributed by atoms with E-state index in [4.69, 9.17) is 14.5 Å². The van der Waals surface area contributed by atoms with Crippen LogP contribution in [0.2, 0.25) is 0 Å². The number of hydrogen-bond donors (Lipinski definition) is 1. The molecule has 48 heavy (non-hydrogen) atoms. The smallest absolute Gasteiger partial charge is 0.416 e. The largest absolute Gasteiger partial charge is 0.496 e. The summed E-state index contributed by atoms with van der Waals surface area (Å²) in [6.07, 6.45) is 2.85. The molecule has 0 bridgehead atoms. The molecule has 2 aromatic heterocycles. The summed E-state index contributed by atoms with van der Waals surface area (Å²) < 4.78 is 52.5. The predicted octanol–water partition coefficient (Wildman–Crippen LogP) is 7.50. The van der Waals surface area contributed by atoms with E-state index in [9.17, 15) is 28.3 Å². The molecule has 1 saturated carbocycles. The number of pyridine rings is 1. The number of halogens is 3. The highest BCUT2D eigenvalue weighted by Crippen LogP contribution is 2.52. The summed E-state index contributed by atoms with van der Waals surface area (Å²) in [6, 6.07) is 16.2. The topological polar surface area (TPSA) is 113 Å². The summed E-state index contributed by atoms with van der Waals surface area (Å²) in [5, 5.41) is 19.0. The quantitative estimate of drug-likeness (QED) is 0.187. The Morgan fingerprint density at radius 3 is 2.56 bits per heavy atom. The molecule has 12 heteroatoms. The fourth-order valence-corrected chi connectivity index (χ4v) is 6.95. The molecular formula is C36H34F3N5O4. The number of benzene rings is 2. The maximum Gasteiger partial charge on any atom is 0.416 e. The van der Waals surface area contributed by atoms with E-state index in [-0.39, 0.29) is 28.7 Å². The minimum Gasteiger partial charge on any atom is -0.496 e. The number of allylic oxidation sites excluding steroid dienone is 2. The van der Waals surface area contributed by atoms with Crippen LogP contribution >= 0.6 is 0 Å². The molecular weight excluding hydrogens is 623 g/mol. The Bertz CT molecular complexity index is 1970. The lowest BCUT2D eigenvalue weighted by Gasteiger charge is -2.52. The molecule has 7 rings (SSSR count). The van der Waals surface area contributed by atoms with Crippen LogP contribution in [0.25, 0.3) is 16.6 Å². The Morgan fingerprint density at radius 2 is 1.90 bits per heavy atom. The molecule has 3 heterocycles. The van der Waals surface area contributed by atoms with Crippen molar-refractivity contribution in [2.75, 3.05) is 25.1 Å². The molecule has 248 valence electrons. The van der Waals surface area contributed by atoms with Gasteiger partial charge in [0.2, 0.25) is 11.8 Å². The lowest BCUT2D eigenvalue weighted by Crippen LogP contribution is -2.57. The molecule has 2 aromatic carbocycles. The van der Waals surface area contributed by atoms with E-state index in [0.29, 0.717) is 24.4 Å². The SMILES string of the molecule is COc1cc(C(F)(F)F)ccc1COc1cccc(C2=CCC3(CC2)CN(c2nc4ccc(C(=O)O)cc4n2CC2(CC#N)CC2)C3)n1. The van der Waals surface area contributed by atoms with E-state index in [1.165, 1.54) is 13.2 Å². The number of alkyl halides is 3. The highest BCUT2D eigenvalue weighted by Gasteiger charge is 2.47. The first-order valence-corrected chi connectivity index (χ1v) is 15.9. The number of methoxy groups -OCH3 is 1. The van der Waals surface area contributed by atoms with Crippen LogP contribution in [-0.2, 0) is 19.3 Å². The van der Waals surface area contributed by atoms with Gasteiger partial charge in [0.05, 0.1) is 41.0 Å². The van der Waals surface area contributed by atoms with Crippen LogP contribution in [0, 0.1) is 22.2 Å². The highest BCUT2D eigenvalue weighted by atomic mass is 19.4. The number of aromatic carboxylic acids is 1. The van der Waals surface area contributed by atoms with Gasteiger partial charge >= 0.3 is 12.1 Å². The highest BCUT2D eigenvalue weighted by molar-refractivity contribution is 5.93. The number of carboxylic acid groups (broad SMARTS) is 1. The summed E-state index contributed by atoms with van der Waals surface area (Å²) >= 11 is 0. The average Bonchev–Trinajstić information content (AvgIpc) is 3.73. The van der Waals surface area contributed by atoms with Crippen LogP contribution in [0.1, 0.15) is 65.7 Å². The first-order valence-electron chi connectivity index (χ1n) is 15.9. The standard InChI is InChI=1S/C36H34F3N5O4/c1-47-30-18-26(36(37,38)39)7-5-25(30)19-48-31-4-2-3-27(41-31)23-9-11-35(12-10-23)20-43(21-35)33-42-28-8-6-24(32(45)46)17-29(28)44(33)22-34(13-14-34)15-16-40/h2-9,17-18H,10-15,19-22H2,1H3,(H,45,46). The molecule has 3 aliphatic rings. The first kappa shape index (κ1) is 31.5. The van der Waals surface area contributed by atoms with E-state index in [1.807, 2.05) is 12.1 Å². The second kappa shape index (κ2) is 11.9. The van der Waals surface area contributed by atoms with E-state index >= 15 is 0 Å². The van der Waals surface area contributed by atoms with Gasteiger partial charge in [0, 0.05) is 48.5 Å². The van der Waals surface area contributed by atoms with Crippen LogP contribution in [0.15, 0.2) is 60.7 Å². The van der Waals surface area contributed by atoms with Crippen molar-refractivity contribution in [1.82, 2.24) is 14.5 Å². The van der Waals surface area contributed by atoms with Gasteiger partial charge in [0.25, 0.3) is 0 Å². The van der Waals surface area contributed by atoms with Crippen molar-refractivity contribution < 1.29 is 32.5 Å². The minimum absolute atomic E-state index is 0.00970. The molecule has 4 aromatic rings. The van der Waals surface area contributed by atoms with Gasteiger partial charge in [-0.05, 0) is 74.1 Å². The molecule has 1 saturated heterocycles. The van der Waals surface area contributed by atoms with E-state index in [1.54, 1.807) is 24.3 Å². The van der Waals surface area contributed by atoms with Crippen LogP contribution < -0.4 is 14.4 Å². The summed E-state index contributed by atoms with van der Waals surface area (Å²) in [4.78, 5) is 23.6. The summed E-state index contributed by atoms with van der Waals surface area (Å²) in [5.41, 5.74) is 3.39. The van der Waals surface area contributed by atoms with Crippen molar-refractivity contribution in [3.63, 3.8) is 0 Å². The molecule has 1 N–H and O–H groups in total. The summed E-state index contributed by atoms with van der Waals surface area (Å²) in [5.74, 6) is 0.322. The third-order valence-corrected chi connectivity index (χ3v) is 9.96. The van der Waals surface area contributed by atoms with Crippen molar-refractivity contribution in [3.05, 3.63) is 83.1 Å². The number of hydrogen-bond acceptors (Lipinski definition) is 7. The molecule has 0 radical (unpaired) electrons. The van der Waals surface area contributed by atoms with E-state index < -0.39 is 17.7 Å². The molecule has 1 spiro atoms. The van der Waals surface area contributed by atoms with Gasteiger partial charge in [-0.1, -0.05) is 18.2 Å². The Labute approximate surface area is 275 Å². The monoisotopic (exact) mass is 657 g/mol. The fraction of sp³-hybridized carbons (Fsp3) is 0.389. The van der Waals surface area contributed by atoms with Crippen molar-refractivity contribution in [2.45, 2.75) is 57.9 Å². The molecule has 2 aliphatic carbocycles. The second-order valence-corrected chi connectivity index (χ2v) is 13.3. The average molecular weight is 658 g/mol. The zero-order chi connectivity index (χ0) is 33.7. The number of aromatic nitrogens is 3. The minimum atomic E-state index is -4.46. The molecule has 1 aliphatic heterocycles. The number of carbonyl (C=O) groups is 1. The normalized spacial score (nSPS) is 17.8. The summed E-state index contributed by atoms with van der Waals surface area (Å²) in [6.45, 7) is 2.29. The Morgan fingerprint density at radius 1 is 1.08 bits per heavy atom. The first-order chi connectivity index (χ1) is 23.0. The zero-order valence-electron chi connectivity index (χ0n) is 26.4. The van der Waals surface area contributed by atoms with Crippen LogP contribution in [0.3, 0.4) is 0 Å². The Hall–Kier alpha value is -5.05. The maximum atomic E-state index is 13.1. The van der Waals surface area contributed by atoms with Crippen LogP contribution in [-0.4, -0.2) is 45.8 Å². The van der Waals surface area contributed by atoms with Gasteiger partial charge in [0.1, 0.15) is 12.4 Å². The van der Waals surface area contributed by atoms with Gasteiger partial charge < -0.3 is 24.0 Å². The second-order valence-electron chi connectivity index (χ2n) is 13.3. The third kappa shape index (κ3) is 6.05. The molecule has 0 amide bonds.